The molecule has 1 atom stereocenters. The lowest BCUT2D eigenvalue weighted by atomic mass is 10.2. The first-order chi connectivity index (χ1) is 8.36. The molecular formula is C13H26N2O3. The predicted molar refractivity (Wildman–Crippen MR) is 71.4 cm³/mol. The van der Waals surface area contributed by atoms with Crippen molar-refractivity contribution in [3.8, 4) is 0 Å². The van der Waals surface area contributed by atoms with Crippen molar-refractivity contribution in [3.05, 3.63) is 0 Å². The summed E-state index contributed by atoms with van der Waals surface area (Å²) in [5.41, 5.74) is 0. The molecule has 0 heterocycles. The first-order valence-electron chi connectivity index (χ1n) is 6.59. The van der Waals surface area contributed by atoms with E-state index in [2.05, 4.69) is 5.32 Å². The predicted octanol–water partition coefficient (Wildman–Crippen LogP) is 1.33. The number of carbonyl (C=O) groups is 2. The van der Waals surface area contributed by atoms with Crippen LogP contribution in [0, 0.1) is 5.92 Å². The first-order valence-corrected chi connectivity index (χ1v) is 6.59. The van der Waals surface area contributed by atoms with Gasteiger partial charge < -0.3 is 10.4 Å². The number of nitrogens with one attached hydrogen (secondary N) is 1. The Bertz CT molecular complexity index is 267. The van der Waals surface area contributed by atoms with Crippen molar-refractivity contribution >= 4 is 11.9 Å². The maximum atomic E-state index is 11.7. The summed E-state index contributed by atoms with van der Waals surface area (Å²) in [5.74, 6) is -0.440. The molecule has 0 aliphatic carbocycles. The Balaban J connectivity index is 4.21. The van der Waals surface area contributed by atoms with Gasteiger partial charge in [-0.05, 0) is 19.3 Å². The Morgan fingerprint density at radius 3 is 2.33 bits per heavy atom. The fourth-order valence-electron chi connectivity index (χ4n) is 1.51. The molecule has 0 aromatic carbocycles. The lowest BCUT2D eigenvalue weighted by Gasteiger charge is -2.27. The van der Waals surface area contributed by atoms with Gasteiger partial charge in [0.1, 0.15) is 0 Å². The third-order valence-electron chi connectivity index (χ3n) is 2.88. The van der Waals surface area contributed by atoms with Gasteiger partial charge >= 0.3 is 5.97 Å². The van der Waals surface area contributed by atoms with Crippen LogP contribution in [0.25, 0.3) is 0 Å². The van der Waals surface area contributed by atoms with Crippen molar-refractivity contribution in [2.45, 2.75) is 46.6 Å². The van der Waals surface area contributed by atoms with Gasteiger partial charge in [0, 0.05) is 19.1 Å². The summed E-state index contributed by atoms with van der Waals surface area (Å²) >= 11 is 0. The van der Waals surface area contributed by atoms with Gasteiger partial charge in [-0.25, -0.2) is 0 Å². The maximum absolute atomic E-state index is 11.7. The Kier molecular flexibility index (Phi) is 8.37. The second kappa shape index (κ2) is 8.91. The highest BCUT2D eigenvalue weighted by Gasteiger charge is 2.16. The van der Waals surface area contributed by atoms with E-state index in [0.29, 0.717) is 19.0 Å². The Morgan fingerprint density at radius 2 is 1.89 bits per heavy atom. The van der Waals surface area contributed by atoms with Crippen LogP contribution in [-0.2, 0) is 9.59 Å². The SMILES string of the molecule is CCC(C)N(CCC(=O)O)CC(=O)NCC(C)C. The van der Waals surface area contributed by atoms with Crippen molar-refractivity contribution in [2.75, 3.05) is 19.6 Å². The highest BCUT2D eigenvalue weighted by atomic mass is 16.4. The second-order valence-electron chi connectivity index (χ2n) is 5.07. The summed E-state index contributed by atoms with van der Waals surface area (Å²) in [7, 11) is 0. The molecule has 0 aliphatic heterocycles. The van der Waals surface area contributed by atoms with Crippen LogP contribution in [0.4, 0.5) is 0 Å². The Labute approximate surface area is 110 Å². The molecule has 0 saturated heterocycles. The van der Waals surface area contributed by atoms with E-state index in [4.69, 9.17) is 5.11 Å². The number of carboxylic acids is 1. The molecule has 0 bridgehead atoms. The number of carbonyl (C=O) groups excluding carboxylic acids is 1. The van der Waals surface area contributed by atoms with E-state index >= 15 is 0 Å². The van der Waals surface area contributed by atoms with E-state index in [1.54, 1.807) is 0 Å². The number of nitrogens with zero attached hydrogens (tertiary/aromatic N) is 1. The zero-order chi connectivity index (χ0) is 14.1. The smallest absolute Gasteiger partial charge is 0.304 e. The minimum absolute atomic E-state index is 0.0330. The average molecular weight is 258 g/mol. The number of hydrogen-bond donors (Lipinski definition) is 2. The Morgan fingerprint density at radius 1 is 1.28 bits per heavy atom. The van der Waals surface area contributed by atoms with Crippen LogP contribution in [0.5, 0.6) is 0 Å². The fourth-order valence-corrected chi connectivity index (χ4v) is 1.51. The van der Waals surface area contributed by atoms with Crippen molar-refractivity contribution < 1.29 is 14.7 Å². The van der Waals surface area contributed by atoms with Crippen LogP contribution < -0.4 is 5.32 Å². The van der Waals surface area contributed by atoms with E-state index in [1.165, 1.54) is 0 Å². The largest absolute Gasteiger partial charge is 0.481 e. The first kappa shape index (κ1) is 16.9. The number of carboxylic acid groups (broad SMARTS) is 1. The molecule has 0 aromatic rings. The van der Waals surface area contributed by atoms with Crippen molar-refractivity contribution in [1.29, 1.82) is 0 Å². The van der Waals surface area contributed by atoms with Gasteiger partial charge in [-0.15, -0.1) is 0 Å². The van der Waals surface area contributed by atoms with Crippen molar-refractivity contribution in [1.82, 2.24) is 10.2 Å². The van der Waals surface area contributed by atoms with Gasteiger partial charge in [-0.2, -0.15) is 0 Å². The number of amides is 1. The molecule has 106 valence electrons. The molecule has 1 amide bonds. The topological polar surface area (TPSA) is 69.6 Å². The van der Waals surface area contributed by atoms with Gasteiger partial charge in [0.2, 0.25) is 5.91 Å². The van der Waals surface area contributed by atoms with E-state index in [0.717, 1.165) is 6.42 Å². The second-order valence-corrected chi connectivity index (χ2v) is 5.07. The molecule has 0 radical (unpaired) electrons. The molecule has 2 N–H and O–H groups in total. The van der Waals surface area contributed by atoms with Crippen molar-refractivity contribution in [2.24, 2.45) is 5.92 Å². The van der Waals surface area contributed by atoms with Gasteiger partial charge in [-0.3, -0.25) is 14.5 Å². The third kappa shape index (κ3) is 8.06. The fraction of sp³-hybridized carbons (Fsp3) is 0.846. The molecule has 0 rings (SSSR count). The van der Waals surface area contributed by atoms with E-state index < -0.39 is 5.97 Å². The standard InChI is InChI=1S/C13H26N2O3/c1-5-11(4)15(7-6-13(17)18)9-12(16)14-8-10(2)3/h10-11H,5-9H2,1-4H3,(H,14,16)(H,17,18). The molecule has 0 aromatic heterocycles. The maximum Gasteiger partial charge on any atom is 0.304 e. The van der Waals surface area contributed by atoms with Gasteiger partial charge in [0.25, 0.3) is 0 Å². The molecule has 5 heteroatoms. The highest BCUT2D eigenvalue weighted by molar-refractivity contribution is 5.78. The third-order valence-corrected chi connectivity index (χ3v) is 2.88. The van der Waals surface area contributed by atoms with Crippen LogP contribution in [0.15, 0.2) is 0 Å². The van der Waals surface area contributed by atoms with Gasteiger partial charge in [0.15, 0.2) is 0 Å². The summed E-state index contributed by atoms with van der Waals surface area (Å²) in [6, 6.07) is 0.217. The normalized spacial score (nSPS) is 12.8. The molecule has 18 heavy (non-hydrogen) atoms. The molecule has 1 unspecified atom stereocenters. The van der Waals surface area contributed by atoms with Crippen LogP contribution in [0.1, 0.15) is 40.5 Å². The van der Waals surface area contributed by atoms with E-state index in [-0.39, 0.29) is 24.9 Å². The van der Waals surface area contributed by atoms with Crippen LogP contribution in [0.3, 0.4) is 0 Å². The minimum atomic E-state index is -0.828. The summed E-state index contributed by atoms with van der Waals surface area (Å²) in [6.07, 6.45) is 0.971. The van der Waals surface area contributed by atoms with Gasteiger partial charge in [0.05, 0.1) is 13.0 Å². The molecule has 5 nitrogen and oxygen atoms in total. The zero-order valence-corrected chi connectivity index (χ0v) is 11.9. The number of aliphatic carboxylic acids is 1. The number of rotatable bonds is 9. The van der Waals surface area contributed by atoms with Crippen LogP contribution in [0.2, 0.25) is 0 Å². The monoisotopic (exact) mass is 258 g/mol. The average Bonchev–Trinajstić information content (AvgIpc) is 2.30. The van der Waals surface area contributed by atoms with Crippen LogP contribution >= 0.6 is 0 Å². The highest BCUT2D eigenvalue weighted by Crippen LogP contribution is 2.04. The molecule has 0 saturated carbocycles. The lowest BCUT2D eigenvalue weighted by molar-refractivity contribution is -0.138. The Hall–Kier alpha value is -1.10. The quantitative estimate of drug-likeness (QED) is 0.654. The minimum Gasteiger partial charge on any atom is -0.481 e. The van der Waals surface area contributed by atoms with E-state index in [9.17, 15) is 9.59 Å². The van der Waals surface area contributed by atoms with Crippen LogP contribution in [-0.4, -0.2) is 47.6 Å². The summed E-state index contributed by atoms with van der Waals surface area (Å²) < 4.78 is 0. The zero-order valence-electron chi connectivity index (χ0n) is 11.9. The van der Waals surface area contributed by atoms with E-state index in [1.807, 2.05) is 32.6 Å². The summed E-state index contributed by atoms with van der Waals surface area (Å²) in [5, 5.41) is 11.6. The van der Waals surface area contributed by atoms with Gasteiger partial charge in [-0.1, -0.05) is 20.8 Å². The lowest BCUT2D eigenvalue weighted by Crippen LogP contribution is -2.43. The summed E-state index contributed by atoms with van der Waals surface area (Å²) in [6.45, 7) is 9.47. The molecular weight excluding hydrogens is 232 g/mol. The number of hydrogen-bond acceptors (Lipinski definition) is 3. The molecule has 0 spiro atoms. The molecule has 0 aliphatic rings. The summed E-state index contributed by atoms with van der Waals surface area (Å²) in [4.78, 5) is 24.2. The van der Waals surface area contributed by atoms with Crippen molar-refractivity contribution in [3.63, 3.8) is 0 Å². The molecule has 0 fully saturated rings.